The Balaban J connectivity index is 2.93. The molecule has 18 heavy (non-hydrogen) atoms. The van der Waals surface area contributed by atoms with Gasteiger partial charge in [0.05, 0.1) is 0 Å². The van der Waals surface area contributed by atoms with Crippen LogP contribution in [0.4, 0.5) is 5.69 Å². The molecule has 0 radical (unpaired) electrons. The highest BCUT2D eigenvalue weighted by Gasteiger charge is 2.16. The lowest BCUT2D eigenvalue weighted by atomic mass is 10.1. The molecule has 1 amide bonds. The van der Waals surface area contributed by atoms with Gasteiger partial charge in [0.25, 0.3) is 5.91 Å². The van der Waals surface area contributed by atoms with Crippen molar-refractivity contribution in [2.75, 3.05) is 25.5 Å². The first-order valence-electron chi connectivity index (χ1n) is 6.71. The molecule has 0 bridgehead atoms. The van der Waals surface area contributed by atoms with Gasteiger partial charge < -0.3 is 10.2 Å². The number of anilines is 1. The third-order valence-electron chi connectivity index (χ3n) is 3.02. The number of carbonyl (C=O) groups excluding carboxylic acids is 1. The summed E-state index contributed by atoms with van der Waals surface area (Å²) in [5.74, 6) is 0.152. The molecule has 0 aliphatic carbocycles. The summed E-state index contributed by atoms with van der Waals surface area (Å²) >= 11 is 0. The number of amides is 1. The Bertz CT molecular complexity index is 395. The second kappa shape index (κ2) is 7.04. The number of aryl methyl sites for hydroxylation is 1. The third kappa shape index (κ3) is 3.49. The molecule has 1 aromatic rings. The monoisotopic (exact) mass is 248 g/mol. The zero-order valence-electron chi connectivity index (χ0n) is 11.9. The highest BCUT2D eigenvalue weighted by atomic mass is 16.2. The van der Waals surface area contributed by atoms with Crippen LogP contribution in [0.2, 0.25) is 0 Å². The van der Waals surface area contributed by atoms with Gasteiger partial charge in [-0.3, -0.25) is 4.79 Å². The maximum atomic E-state index is 12.5. The van der Waals surface area contributed by atoms with Crippen LogP contribution in [-0.4, -0.2) is 30.9 Å². The van der Waals surface area contributed by atoms with Gasteiger partial charge in [-0.05, 0) is 43.5 Å². The molecule has 0 aliphatic rings. The molecule has 1 rings (SSSR count). The van der Waals surface area contributed by atoms with E-state index < -0.39 is 0 Å². The van der Waals surface area contributed by atoms with E-state index in [1.165, 1.54) is 0 Å². The number of hydrogen-bond acceptors (Lipinski definition) is 2. The van der Waals surface area contributed by atoms with Crippen LogP contribution in [0, 0.1) is 6.92 Å². The van der Waals surface area contributed by atoms with Gasteiger partial charge in [0.15, 0.2) is 0 Å². The number of rotatable bonds is 6. The molecule has 1 aromatic carbocycles. The van der Waals surface area contributed by atoms with E-state index in [0.717, 1.165) is 42.7 Å². The van der Waals surface area contributed by atoms with Crippen LogP contribution < -0.4 is 5.32 Å². The van der Waals surface area contributed by atoms with Crippen molar-refractivity contribution in [2.24, 2.45) is 0 Å². The zero-order chi connectivity index (χ0) is 13.5. The first-order valence-corrected chi connectivity index (χ1v) is 6.71. The lowest BCUT2D eigenvalue weighted by molar-refractivity contribution is 0.0755. The summed E-state index contributed by atoms with van der Waals surface area (Å²) in [6.45, 7) is 7.86. The van der Waals surface area contributed by atoms with E-state index in [0.29, 0.717) is 0 Å². The molecule has 0 heterocycles. The Hall–Kier alpha value is -1.51. The summed E-state index contributed by atoms with van der Waals surface area (Å²) in [6.07, 6.45) is 2.00. The van der Waals surface area contributed by atoms with E-state index in [1.807, 2.05) is 37.1 Å². The molecule has 0 spiro atoms. The van der Waals surface area contributed by atoms with Gasteiger partial charge >= 0.3 is 0 Å². The average molecular weight is 248 g/mol. The minimum Gasteiger partial charge on any atom is -0.388 e. The number of nitrogens with zero attached hydrogens (tertiary/aromatic N) is 1. The largest absolute Gasteiger partial charge is 0.388 e. The van der Waals surface area contributed by atoms with Gasteiger partial charge in [0, 0.05) is 31.4 Å². The first-order chi connectivity index (χ1) is 8.63. The predicted octanol–water partition coefficient (Wildman–Crippen LogP) is 3.30. The van der Waals surface area contributed by atoms with Crippen molar-refractivity contribution >= 4 is 11.6 Å². The molecule has 0 saturated carbocycles. The van der Waals surface area contributed by atoms with Crippen LogP contribution in [0.3, 0.4) is 0 Å². The van der Waals surface area contributed by atoms with Gasteiger partial charge in [0.1, 0.15) is 0 Å². The van der Waals surface area contributed by atoms with Gasteiger partial charge in [-0.2, -0.15) is 0 Å². The fraction of sp³-hybridized carbons (Fsp3) is 0.533. The molecule has 3 nitrogen and oxygen atoms in total. The van der Waals surface area contributed by atoms with Crippen LogP contribution >= 0.6 is 0 Å². The lowest BCUT2D eigenvalue weighted by Gasteiger charge is -2.22. The average Bonchev–Trinajstić information content (AvgIpc) is 2.37. The molecule has 0 aromatic heterocycles. The SMILES string of the molecule is CCCN(CCC)C(=O)c1ccc(NC)cc1C. The zero-order valence-corrected chi connectivity index (χ0v) is 11.9. The Kier molecular flexibility index (Phi) is 5.69. The number of benzene rings is 1. The van der Waals surface area contributed by atoms with E-state index >= 15 is 0 Å². The van der Waals surface area contributed by atoms with Crippen molar-refractivity contribution in [1.82, 2.24) is 4.90 Å². The smallest absolute Gasteiger partial charge is 0.254 e. The summed E-state index contributed by atoms with van der Waals surface area (Å²) in [5.41, 5.74) is 2.89. The summed E-state index contributed by atoms with van der Waals surface area (Å²) in [6, 6.07) is 5.89. The summed E-state index contributed by atoms with van der Waals surface area (Å²) < 4.78 is 0. The maximum absolute atomic E-state index is 12.5. The van der Waals surface area contributed by atoms with E-state index in [4.69, 9.17) is 0 Å². The molecule has 3 heteroatoms. The van der Waals surface area contributed by atoms with Crippen molar-refractivity contribution in [2.45, 2.75) is 33.6 Å². The normalized spacial score (nSPS) is 10.2. The summed E-state index contributed by atoms with van der Waals surface area (Å²) in [5, 5.41) is 3.09. The molecule has 0 atom stereocenters. The highest BCUT2D eigenvalue weighted by Crippen LogP contribution is 2.17. The molecule has 1 N–H and O–H groups in total. The topological polar surface area (TPSA) is 32.3 Å². The van der Waals surface area contributed by atoms with Crippen molar-refractivity contribution in [1.29, 1.82) is 0 Å². The highest BCUT2D eigenvalue weighted by molar-refractivity contribution is 5.96. The fourth-order valence-electron chi connectivity index (χ4n) is 2.08. The molecule has 100 valence electrons. The van der Waals surface area contributed by atoms with E-state index in [9.17, 15) is 4.79 Å². The second-order valence-electron chi connectivity index (χ2n) is 4.57. The quantitative estimate of drug-likeness (QED) is 0.837. The minimum absolute atomic E-state index is 0.152. The third-order valence-corrected chi connectivity index (χ3v) is 3.02. The fourth-order valence-corrected chi connectivity index (χ4v) is 2.08. The Morgan fingerprint density at radius 2 is 1.83 bits per heavy atom. The molecule has 0 aliphatic heterocycles. The van der Waals surface area contributed by atoms with Crippen LogP contribution in [0.5, 0.6) is 0 Å². The van der Waals surface area contributed by atoms with Crippen molar-refractivity contribution in [3.63, 3.8) is 0 Å². The maximum Gasteiger partial charge on any atom is 0.254 e. The number of carbonyl (C=O) groups is 1. The van der Waals surface area contributed by atoms with E-state index in [1.54, 1.807) is 0 Å². The number of hydrogen-bond donors (Lipinski definition) is 1. The Morgan fingerprint density at radius 3 is 2.28 bits per heavy atom. The second-order valence-corrected chi connectivity index (χ2v) is 4.57. The van der Waals surface area contributed by atoms with Gasteiger partial charge in [-0.1, -0.05) is 13.8 Å². The molecule has 0 saturated heterocycles. The molecule has 0 fully saturated rings. The van der Waals surface area contributed by atoms with Gasteiger partial charge in [-0.25, -0.2) is 0 Å². The van der Waals surface area contributed by atoms with Gasteiger partial charge in [-0.15, -0.1) is 0 Å². The van der Waals surface area contributed by atoms with Crippen LogP contribution in [0.15, 0.2) is 18.2 Å². The van der Waals surface area contributed by atoms with E-state index in [-0.39, 0.29) is 5.91 Å². The molecular weight excluding hydrogens is 224 g/mol. The van der Waals surface area contributed by atoms with Crippen LogP contribution in [-0.2, 0) is 0 Å². The Labute approximate surface area is 110 Å². The van der Waals surface area contributed by atoms with Crippen molar-refractivity contribution in [3.8, 4) is 0 Å². The first kappa shape index (κ1) is 14.6. The van der Waals surface area contributed by atoms with Crippen LogP contribution in [0.25, 0.3) is 0 Å². The van der Waals surface area contributed by atoms with Crippen molar-refractivity contribution in [3.05, 3.63) is 29.3 Å². The lowest BCUT2D eigenvalue weighted by Crippen LogP contribution is -2.32. The Morgan fingerprint density at radius 1 is 1.22 bits per heavy atom. The summed E-state index contributed by atoms with van der Waals surface area (Å²) in [4.78, 5) is 14.4. The van der Waals surface area contributed by atoms with Gasteiger partial charge in [0.2, 0.25) is 0 Å². The summed E-state index contributed by atoms with van der Waals surface area (Å²) in [7, 11) is 1.89. The predicted molar refractivity (Wildman–Crippen MR) is 77.2 cm³/mol. The minimum atomic E-state index is 0.152. The van der Waals surface area contributed by atoms with E-state index in [2.05, 4.69) is 19.2 Å². The van der Waals surface area contributed by atoms with Crippen molar-refractivity contribution < 1.29 is 4.79 Å². The molecular formula is C15H24N2O. The molecule has 0 unspecified atom stereocenters. The van der Waals surface area contributed by atoms with Crippen LogP contribution in [0.1, 0.15) is 42.6 Å². The number of nitrogens with one attached hydrogen (secondary N) is 1. The standard InChI is InChI=1S/C15H24N2O/c1-5-9-17(10-6-2)15(18)14-8-7-13(16-4)11-12(14)3/h7-8,11,16H,5-6,9-10H2,1-4H3.